The van der Waals surface area contributed by atoms with E-state index < -0.39 is 0 Å². The van der Waals surface area contributed by atoms with E-state index in [-0.39, 0.29) is 24.0 Å². The molecule has 0 saturated heterocycles. The Kier molecular flexibility index (Phi) is 5.41. The maximum absolute atomic E-state index is 12.7. The molecule has 5 heteroatoms. The molecule has 2 aliphatic rings. The number of Topliss-reactive ketones (excluding diaryl/α,β-unsaturated/α-hetero) is 1. The zero-order chi connectivity index (χ0) is 17.0. The van der Waals surface area contributed by atoms with E-state index in [1.54, 1.807) is 25.3 Å². The van der Waals surface area contributed by atoms with Gasteiger partial charge in [0.15, 0.2) is 17.3 Å². The molecule has 0 aromatic heterocycles. The van der Waals surface area contributed by atoms with E-state index in [0.717, 1.165) is 13.2 Å². The first-order valence-electron chi connectivity index (χ1n) is 8.80. The number of ketones is 1. The summed E-state index contributed by atoms with van der Waals surface area (Å²) in [6, 6.07) is 5.14. The number of carbonyl (C=O) groups excluding carboxylic acids is 1. The van der Waals surface area contributed by atoms with Crippen LogP contribution in [0.3, 0.4) is 0 Å². The molecule has 1 aliphatic carbocycles. The fourth-order valence-electron chi connectivity index (χ4n) is 3.74. The van der Waals surface area contributed by atoms with Crippen LogP contribution in [0.1, 0.15) is 49.4 Å². The summed E-state index contributed by atoms with van der Waals surface area (Å²) >= 11 is 0. The van der Waals surface area contributed by atoms with Crippen molar-refractivity contribution >= 4 is 5.78 Å². The van der Waals surface area contributed by atoms with Crippen LogP contribution >= 0.6 is 0 Å². The fraction of sp³-hybridized carbons (Fsp3) is 0.632. The number of nitrogens with one attached hydrogen (secondary N) is 1. The summed E-state index contributed by atoms with van der Waals surface area (Å²) in [7, 11) is 1.76. The Hall–Kier alpha value is -1.59. The Labute approximate surface area is 143 Å². The van der Waals surface area contributed by atoms with E-state index in [9.17, 15) is 4.79 Å². The van der Waals surface area contributed by atoms with Crippen LogP contribution in [-0.2, 0) is 4.74 Å². The Morgan fingerprint density at radius 3 is 2.75 bits per heavy atom. The number of fused-ring (bicyclic) bond motifs is 1. The molecule has 0 radical (unpaired) electrons. The van der Waals surface area contributed by atoms with Gasteiger partial charge in [0.2, 0.25) is 6.79 Å². The van der Waals surface area contributed by atoms with Gasteiger partial charge in [-0.1, -0.05) is 19.3 Å². The molecule has 1 aromatic carbocycles. The summed E-state index contributed by atoms with van der Waals surface area (Å²) in [6.07, 6.45) is 6.12. The molecule has 0 bridgehead atoms. The summed E-state index contributed by atoms with van der Waals surface area (Å²) < 4.78 is 16.1. The van der Waals surface area contributed by atoms with E-state index in [1.165, 1.54) is 32.1 Å². The highest BCUT2D eigenvalue weighted by Gasteiger charge is 2.33. The predicted octanol–water partition coefficient (Wildman–Crippen LogP) is 3.17. The molecule has 0 amide bonds. The van der Waals surface area contributed by atoms with Gasteiger partial charge in [-0.25, -0.2) is 0 Å². The normalized spacial score (nSPS) is 19.9. The summed E-state index contributed by atoms with van der Waals surface area (Å²) in [5.74, 6) is 1.43. The first kappa shape index (κ1) is 17.2. The van der Waals surface area contributed by atoms with E-state index in [0.29, 0.717) is 17.1 Å². The lowest BCUT2D eigenvalue weighted by molar-refractivity contribution is 0.0460. The summed E-state index contributed by atoms with van der Waals surface area (Å²) in [5, 5.41) is 3.44. The maximum Gasteiger partial charge on any atom is 0.231 e. The molecule has 1 N–H and O–H groups in total. The standard InChI is InChI=1S/C19H27NO4/c1-14(20-11-19(12-22-2)8-4-3-5-9-19)18(21)15-6-7-16-17(10-15)24-13-23-16/h6-7,10,14,20H,3-5,8-9,11-13H2,1-2H3. The molecule has 1 fully saturated rings. The van der Waals surface area contributed by atoms with Crippen molar-refractivity contribution in [3.05, 3.63) is 23.8 Å². The lowest BCUT2D eigenvalue weighted by Gasteiger charge is -2.37. The lowest BCUT2D eigenvalue weighted by Crippen LogP contribution is -2.45. The highest BCUT2D eigenvalue weighted by Crippen LogP contribution is 2.36. The monoisotopic (exact) mass is 333 g/mol. The van der Waals surface area contributed by atoms with E-state index in [4.69, 9.17) is 14.2 Å². The van der Waals surface area contributed by atoms with Crippen molar-refractivity contribution in [3.63, 3.8) is 0 Å². The number of rotatable bonds is 7. The number of hydrogen-bond donors (Lipinski definition) is 1. The van der Waals surface area contributed by atoms with Crippen LogP contribution in [0.15, 0.2) is 18.2 Å². The lowest BCUT2D eigenvalue weighted by atomic mass is 9.74. The third-order valence-corrected chi connectivity index (χ3v) is 5.20. The number of benzene rings is 1. The average Bonchev–Trinajstić information content (AvgIpc) is 3.08. The largest absolute Gasteiger partial charge is 0.454 e. The van der Waals surface area contributed by atoms with Gasteiger partial charge in [0, 0.05) is 24.6 Å². The van der Waals surface area contributed by atoms with Crippen LogP contribution in [0.2, 0.25) is 0 Å². The van der Waals surface area contributed by atoms with Gasteiger partial charge in [-0.05, 0) is 38.0 Å². The minimum atomic E-state index is -0.235. The molecular weight excluding hydrogens is 306 g/mol. The Balaban J connectivity index is 1.61. The van der Waals surface area contributed by atoms with Crippen LogP contribution in [0, 0.1) is 5.41 Å². The summed E-state index contributed by atoms with van der Waals surface area (Å²) in [4.78, 5) is 12.7. The molecule has 1 heterocycles. The molecule has 132 valence electrons. The fourth-order valence-corrected chi connectivity index (χ4v) is 3.74. The minimum Gasteiger partial charge on any atom is -0.454 e. The molecule has 1 atom stereocenters. The zero-order valence-corrected chi connectivity index (χ0v) is 14.6. The van der Waals surface area contributed by atoms with Crippen molar-refractivity contribution in [1.82, 2.24) is 5.32 Å². The van der Waals surface area contributed by atoms with Gasteiger partial charge >= 0.3 is 0 Å². The van der Waals surface area contributed by atoms with Crippen LogP contribution in [0.25, 0.3) is 0 Å². The van der Waals surface area contributed by atoms with Gasteiger partial charge in [0.05, 0.1) is 12.6 Å². The minimum absolute atomic E-state index is 0.0803. The maximum atomic E-state index is 12.7. The second-order valence-corrected chi connectivity index (χ2v) is 7.03. The van der Waals surface area contributed by atoms with Crippen molar-refractivity contribution in [2.24, 2.45) is 5.41 Å². The molecule has 1 aliphatic heterocycles. The first-order valence-corrected chi connectivity index (χ1v) is 8.80. The molecule has 1 unspecified atom stereocenters. The van der Waals surface area contributed by atoms with Crippen molar-refractivity contribution in [2.75, 3.05) is 27.1 Å². The second kappa shape index (κ2) is 7.53. The van der Waals surface area contributed by atoms with Gasteiger partial charge in [0.25, 0.3) is 0 Å². The number of hydrogen-bond acceptors (Lipinski definition) is 5. The van der Waals surface area contributed by atoms with Gasteiger partial charge in [-0.2, -0.15) is 0 Å². The van der Waals surface area contributed by atoms with Crippen molar-refractivity contribution in [1.29, 1.82) is 0 Å². The van der Waals surface area contributed by atoms with Gasteiger partial charge in [0.1, 0.15) is 0 Å². The topological polar surface area (TPSA) is 56.8 Å². The van der Waals surface area contributed by atoms with E-state index in [2.05, 4.69) is 5.32 Å². The average molecular weight is 333 g/mol. The van der Waals surface area contributed by atoms with Gasteiger partial charge in [-0.3, -0.25) is 4.79 Å². The number of carbonyl (C=O) groups is 1. The highest BCUT2D eigenvalue weighted by atomic mass is 16.7. The number of methoxy groups -OCH3 is 1. The Morgan fingerprint density at radius 2 is 2.00 bits per heavy atom. The van der Waals surface area contributed by atoms with E-state index in [1.807, 2.05) is 6.92 Å². The molecular formula is C19H27NO4. The van der Waals surface area contributed by atoms with E-state index >= 15 is 0 Å². The quantitative estimate of drug-likeness (QED) is 0.777. The van der Waals surface area contributed by atoms with Crippen molar-refractivity contribution < 1.29 is 19.0 Å². The van der Waals surface area contributed by atoms with Crippen LogP contribution in [0.5, 0.6) is 11.5 Å². The van der Waals surface area contributed by atoms with Crippen LogP contribution in [-0.4, -0.2) is 38.9 Å². The summed E-state index contributed by atoms with van der Waals surface area (Å²) in [5.41, 5.74) is 0.819. The van der Waals surface area contributed by atoms with Crippen molar-refractivity contribution in [3.8, 4) is 11.5 Å². The SMILES string of the molecule is COCC1(CNC(C)C(=O)c2ccc3c(c2)OCO3)CCCCC1. The second-order valence-electron chi connectivity index (χ2n) is 7.03. The third kappa shape index (κ3) is 3.73. The molecule has 3 rings (SSSR count). The third-order valence-electron chi connectivity index (χ3n) is 5.20. The first-order chi connectivity index (χ1) is 11.6. The molecule has 1 saturated carbocycles. The molecule has 24 heavy (non-hydrogen) atoms. The van der Waals surface area contributed by atoms with Gasteiger partial charge < -0.3 is 19.5 Å². The van der Waals surface area contributed by atoms with Crippen molar-refractivity contribution in [2.45, 2.75) is 45.1 Å². The Bertz CT molecular complexity index is 575. The number of ether oxygens (including phenoxy) is 3. The molecule has 0 spiro atoms. The van der Waals surface area contributed by atoms with Crippen LogP contribution in [0.4, 0.5) is 0 Å². The van der Waals surface area contributed by atoms with Gasteiger partial charge in [-0.15, -0.1) is 0 Å². The predicted molar refractivity (Wildman–Crippen MR) is 91.8 cm³/mol. The smallest absolute Gasteiger partial charge is 0.231 e. The molecule has 5 nitrogen and oxygen atoms in total. The zero-order valence-electron chi connectivity index (χ0n) is 14.6. The Morgan fingerprint density at radius 1 is 1.25 bits per heavy atom. The molecule has 1 aromatic rings. The summed E-state index contributed by atoms with van der Waals surface area (Å²) in [6.45, 7) is 3.72. The highest BCUT2D eigenvalue weighted by molar-refractivity contribution is 6.00. The van der Waals surface area contributed by atoms with Crippen LogP contribution < -0.4 is 14.8 Å².